The first kappa shape index (κ1) is 19.8. The summed E-state index contributed by atoms with van der Waals surface area (Å²) in [6, 6.07) is 12.3. The molecule has 0 spiro atoms. The molecule has 7 nitrogen and oxygen atoms in total. The molecule has 1 aliphatic rings. The van der Waals surface area contributed by atoms with Gasteiger partial charge in [-0.2, -0.15) is 5.10 Å². The van der Waals surface area contributed by atoms with E-state index in [1.165, 1.54) is 0 Å². The highest BCUT2D eigenvalue weighted by atomic mass is 15.2. The van der Waals surface area contributed by atoms with Gasteiger partial charge in [-0.05, 0) is 37.6 Å². The summed E-state index contributed by atoms with van der Waals surface area (Å²) in [6.07, 6.45) is 14.0. The molecule has 0 unspecified atom stereocenters. The Balaban J connectivity index is 1.58. The molecule has 0 fully saturated rings. The van der Waals surface area contributed by atoms with E-state index in [-0.39, 0.29) is 0 Å². The van der Waals surface area contributed by atoms with Gasteiger partial charge in [0.2, 0.25) is 0 Å². The van der Waals surface area contributed by atoms with Gasteiger partial charge in [-0.25, -0.2) is 9.98 Å². The molecule has 2 aromatic heterocycles. The molecule has 1 aliphatic heterocycles. The van der Waals surface area contributed by atoms with Crippen LogP contribution in [0.25, 0.3) is 27.6 Å². The Bertz CT molecular complexity index is 1380. The van der Waals surface area contributed by atoms with Gasteiger partial charge >= 0.3 is 0 Å². The number of imidazole rings is 1. The van der Waals surface area contributed by atoms with Gasteiger partial charge in [0.15, 0.2) is 5.84 Å². The number of amidine groups is 1. The minimum atomic E-state index is 0.803. The Labute approximate surface area is 186 Å². The number of hydrogen-bond donors (Lipinski definition) is 3. The van der Waals surface area contributed by atoms with Crippen LogP contribution in [-0.4, -0.2) is 30.9 Å². The monoisotopic (exact) mass is 423 g/mol. The van der Waals surface area contributed by atoms with Crippen LogP contribution in [0.1, 0.15) is 32.3 Å². The third kappa shape index (κ3) is 3.80. The van der Waals surface area contributed by atoms with E-state index in [0.29, 0.717) is 0 Å². The van der Waals surface area contributed by atoms with Gasteiger partial charge in [-0.1, -0.05) is 37.6 Å². The van der Waals surface area contributed by atoms with Crippen LogP contribution in [0.3, 0.4) is 0 Å². The summed E-state index contributed by atoms with van der Waals surface area (Å²) in [5, 5.41) is 11.8. The summed E-state index contributed by atoms with van der Waals surface area (Å²) < 4.78 is 0. The number of aliphatic imine (C=N–C) groups is 1. The van der Waals surface area contributed by atoms with E-state index in [2.05, 4.69) is 80.0 Å². The highest BCUT2D eigenvalue weighted by molar-refractivity contribution is 6.11. The molecule has 0 bridgehead atoms. The quantitative estimate of drug-likeness (QED) is 0.380. The number of aromatic nitrogens is 4. The molecular weight excluding hydrogens is 398 g/mol. The summed E-state index contributed by atoms with van der Waals surface area (Å²) in [7, 11) is 0. The second-order valence-corrected chi connectivity index (χ2v) is 7.67. The minimum Gasteiger partial charge on any atom is -0.345 e. The number of allylic oxidation sites excluding steroid dienone is 2. The summed E-state index contributed by atoms with van der Waals surface area (Å²) in [6.45, 7) is 4.20. The molecule has 32 heavy (non-hydrogen) atoms. The van der Waals surface area contributed by atoms with Crippen LogP contribution in [-0.2, 0) is 0 Å². The summed E-state index contributed by atoms with van der Waals surface area (Å²) in [4.78, 5) is 14.7. The van der Waals surface area contributed by atoms with Crippen molar-refractivity contribution in [2.45, 2.75) is 26.7 Å². The predicted molar refractivity (Wildman–Crippen MR) is 131 cm³/mol. The van der Waals surface area contributed by atoms with Gasteiger partial charge in [0, 0.05) is 29.0 Å². The number of nitrogens with one attached hydrogen (secondary N) is 3. The Morgan fingerprint density at radius 2 is 2.06 bits per heavy atom. The molecule has 2 aromatic carbocycles. The number of unbranched alkanes of at least 4 members (excludes halogenated alkanes) is 1. The van der Waals surface area contributed by atoms with Gasteiger partial charge < -0.3 is 15.2 Å². The normalized spacial score (nSPS) is 15.7. The SMILES string of the molecule is C/C=C\N1C=C(c2ccc3cn[nH]c3c2)N=C(Nc2ccc3nc[nH]c3c2)/C1=C\CCC. The van der Waals surface area contributed by atoms with E-state index in [4.69, 9.17) is 4.99 Å². The van der Waals surface area contributed by atoms with Crippen molar-refractivity contribution in [2.24, 2.45) is 4.99 Å². The lowest BCUT2D eigenvalue weighted by atomic mass is 10.1. The lowest BCUT2D eigenvalue weighted by molar-refractivity contribution is 0.649. The second kappa shape index (κ2) is 8.55. The van der Waals surface area contributed by atoms with Crippen LogP contribution in [0.2, 0.25) is 0 Å². The molecule has 0 aliphatic carbocycles. The summed E-state index contributed by atoms with van der Waals surface area (Å²) >= 11 is 0. The highest BCUT2D eigenvalue weighted by Crippen LogP contribution is 2.29. The molecular formula is C25H25N7. The fourth-order valence-corrected chi connectivity index (χ4v) is 3.77. The fraction of sp³-hybridized carbons (Fsp3) is 0.160. The van der Waals surface area contributed by atoms with Crippen LogP contribution >= 0.6 is 0 Å². The third-order valence-electron chi connectivity index (χ3n) is 5.37. The summed E-state index contributed by atoms with van der Waals surface area (Å²) in [5.74, 6) is 0.803. The van der Waals surface area contributed by atoms with E-state index >= 15 is 0 Å². The van der Waals surface area contributed by atoms with Gasteiger partial charge in [-0.3, -0.25) is 5.10 Å². The molecule has 0 radical (unpaired) electrons. The van der Waals surface area contributed by atoms with Crippen molar-refractivity contribution in [1.82, 2.24) is 25.1 Å². The Morgan fingerprint density at radius 3 is 2.94 bits per heavy atom. The number of benzene rings is 2. The smallest absolute Gasteiger partial charge is 0.155 e. The molecule has 5 rings (SSSR count). The third-order valence-corrected chi connectivity index (χ3v) is 5.37. The van der Waals surface area contributed by atoms with Crippen LogP contribution < -0.4 is 5.32 Å². The second-order valence-electron chi connectivity index (χ2n) is 7.67. The van der Waals surface area contributed by atoms with E-state index in [9.17, 15) is 0 Å². The number of anilines is 1. The molecule has 4 aromatic rings. The van der Waals surface area contributed by atoms with Crippen molar-refractivity contribution in [3.05, 3.63) is 84.7 Å². The topological polar surface area (TPSA) is 85.0 Å². The fourth-order valence-electron chi connectivity index (χ4n) is 3.77. The van der Waals surface area contributed by atoms with Crippen LogP contribution in [0, 0.1) is 0 Å². The van der Waals surface area contributed by atoms with Crippen molar-refractivity contribution in [3.8, 4) is 0 Å². The van der Waals surface area contributed by atoms with Gasteiger partial charge in [0.25, 0.3) is 0 Å². The number of aromatic amines is 2. The Kier molecular flexibility index (Phi) is 5.29. The zero-order chi connectivity index (χ0) is 21.9. The molecule has 0 saturated carbocycles. The largest absolute Gasteiger partial charge is 0.345 e. The van der Waals surface area contributed by atoms with Crippen LogP contribution in [0.4, 0.5) is 5.69 Å². The standard InChI is InChI=1S/C25H25N7/c1-3-5-6-24-25(29-19-9-10-20-22(13-19)27-16-26-20)30-23(15-32(24)11-4-2)17-7-8-18-14-28-31-21(18)12-17/h4,6-16H,3,5H2,1-2H3,(H,26,27)(H,28,31)(H,29,30)/b11-4-,24-6+. The van der Waals surface area contributed by atoms with Crippen LogP contribution in [0.5, 0.6) is 0 Å². The van der Waals surface area contributed by atoms with Gasteiger partial charge in [0.1, 0.15) is 0 Å². The van der Waals surface area contributed by atoms with E-state index in [1.54, 1.807) is 6.33 Å². The maximum Gasteiger partial charge on any atom is 0.155 e. The van der Waals surface area contributed by atoms with E-state index in [1.807, 2.05) is 31.3 Å². The number of hydrogen-bond acceptors (Lipinski definition) is 5. The lowest BCUT2D eigenvalue weighted by Crippen LogP contribution is -2.27. The van der Waals surface area contributed by atoms with Gasteiger partial charge in [-0.15, -0.1) is 0 Å². The highest BCUT2D eigenvalue weighted by Gasteiger charge is 2.20. The lowest BCUT2D eigenvalue weighted by Gasteiger charge is -2.27. The Morgan fingerprint density at radius 1 is 1.12 bits per heavy atom. The van der Waals surface area contributed by atoms with Crippen LogP contribution in [0.15, 0.2) is 84.2 Å². The maximum absolute atomic E-state index is 5.04. The van der Waals surface area contributed by atoms with E-state index < -0.39 is 0 Å². The minimum absolute atomic E-state index is 0.803. The Hall–Kier alpha value is -4.13. The first-order valence-electron chi connectivity index (χ1n) is 10.8. The first-order chi connectivity index (χ1) is 15.7. The first-order valence-corrected chi connectivity index (χ1v) is 10.8. The average Bonchev–Trinajstić information content (AvgIpc) is 3.47. The zero-order valence-corrected chi connectivity index (χ0v) is 18.1. The van der Waals surface area contributed by atoms with E-state index in [0.717, 1.165) is 63.3 Å². The summed E-state index contributed by atoms with van der Waals surface area (Å²) in [5.41, 5.74) is 6.79. The molecule has 3 heterocycles. The van der Waals surface area contributed by atoms with Crippen molar-refractivity contribution < 1.29 is 0 Å². The molecule has 7 heteroatoms. The maximum atomic E-state index is 5.04. The predicted octanol–water partition coefficient (Wildman–Crippen LogP) is 5.78. The van der Waals surface area contributed by atoms with Gasteiger partial charge in [0.05, 0.1) is 40.5 Å². The zero-order valence-electron chi connectivity index (χ0n) is 18.1. The molecule has 0 amide bonds. The average molecular weight is 424 g/mol. The molecule has 160 valence electrons. The van der Waals surface area contributed by atoms with Crippen molar-refractivity contribution >= 4 is 39.2 Å². The number of nitrogens with zero attached hydrogens (tertiary/aromatic N) is 4. The van der Waals surface area contributed by atoms with Crippen molar-refractivity contribution in [2.75, 3.05) is 5.32 Å². The van der Waals surface area contributed by atoms with Crippen molar-refractivity contribution in [1.29, 1.82) is 0 Å². The number of rotatable bonds is 5. The molecule has 0 saturated heterocycles. The number of fused-ring (bicyclic) bond motifs is 2. The number of H-pyrrole nitrogens is 2. The molecule has 0 atom stereocenters. The molecule has 3 N–H and O–H groups in total. The van der Waals surface area contributed by atoms with Crippen molar-refractivity contribution in [3.63, 3.8) is 0 Å².